The van der Waals surface area contributed by atoms with E-state index in [0.717, 1.165) is 33.9 Å². The first-order valence-corrected chi connectivity index (χ1v) is 6.35. The maximum Gasteiger partial charge on any atom is 0.161 e. The van der Waals surface area contributed by atoms with Crippen LogP contribution in [0, 0.1) is 6.92 Å². The van der Waals surface area contributed by atoms with Gasteiger partial charge in [-0.05, 0) is 29.8 Å². The smallest absolute Gasteiger partial charge is 0.161 e. The maximum absolute atomic E-state index is 4.52. The van der Waals surface area contributed by atoms with Crippen LogP contribution in [-0.4, -0.2) is 16.5 Å². The molecule has 1 N–H and O–H groups in total. The van der Waals surface area contributed by atoms with Crippen molar-refractivity contribution in [2.24, 2.45) is 0 Å². The second kappa shape index (κ2) is 5.27. The number of rotatable bonds is 3. The van der Waals surface area contributed by atoms with E-state index in [1.165, 1.54) is 0 Å². The number of halogens is 1. The molecule has 88 valence electrons. The second-order valence-electron chi connectivity index (χ2n) is 3.69. The summed E-state index contributed by atoms with van der Waals surface area (Å²) in [5.74, 6) is 1.60. The molecule has 1 aromatic carbocycles. The molecule has 0 saturated heterocycles. The lowest BCUT2D eigenvalue weighted by Gasteiger charge is -2.09. The summed E-state index contributed by atoms with van der Waals surface area (Å²) in [7, 11) is 0. The third kappa shape index (κ3) is 2.64. The molecule has 1 aromatic heterocycles. The Bertz CT molecular complexity index is 512. The van der Waals surface area contributed by atoms with Crippen molar-refractivity contribution in [1.82, 2.24) is 9.97 Å². The van der Waals surface area contributed by atoms with Crippen LogP contribution in [0.4, 0.5) is 5.82 Å². The summed E-state index contributed by atoms with van der Waals surface area (Å²) in [6.45, 7) is 4.86. The Balaban J connectivity index is 2.49. The summed E-state index contributed by atoms with van der Waals surface area (Å²) < 4.78 is 0.930. The topological polar surface area (TPSA) is 37.8 Å². The zero-order valence-electron chi connectivity index (χ0n) is 9.87. The van der Waals surface area contributed by atoms with Crippen LogP contribution in [-0.2, 0) is 0 Å². The fraction of sp³-hybridized carbons (Fsp3) is 0.231. The zero-order valence-corrected chi connectivity index (χ0v) is 11.5. The average Bonchev–Trinajstić information content (AvgIpc) is 2.36. The van der Waals surface area contributed by atoms with Crippen molar-refractivity contribution in [3.05, 3.63) is 40.5 Å². The normalized spacial score (nSPS) is 10.3. The highest BCUT2D eigenvalue weighted by Gasteiger charge is 2.09. The number of anilines is 1. The van der Waals surface area contributed by atoms with Gasteiger partial charge < -0.3 is 5.32 Å². The van der Waals surface area contributed by atoms with Crippen molar-refractivity contribution < 1.29 is 0 Å². The minimum absolute atomic E-state index is 0.752. The summed E-state index contributed by atoms with van der Waals surface area (Å²) >= 11 is 3.50. The molecular weight excluding hydrogens is 278 g/mol. The summed E-state index contributed by atoms with van der Waals surface area (Å²) in [5.41, 5.74) is 1.97. The predicted molar refractivity (Wildman–Crippen MR) is 74.1 cm³/mol. The van der Waals surface area contributed by atoms with Crippen molar-refractivity contribution in [3.63, 3.8) is 0 Å². The van der Waals surface area contributed by atoms with Gasteiger partial charge in [0.2, 0.25) is 0 Å². The maximum atomic E-state index is 4.52. The van der Waals surface area contributed by atoms with Crippen molar-refractivity contribution in [1.29, 1.82) is 0 Å². The Labute approximate surface area is 109 Å². The molecule has 0 radical (unpaired) electrons. The third-order valence-corrected chi connectivity index (χ3v) is 3.34. The Morgan fingerprint density at radius 1 is 1.18 bits per heavy atom. The van der Waals surface area contributed by atoms with Gasteiger partial charge in [-0.3, -0.25) is 0 Å². The molecule has 0 atom stereocenters. The van der Waals surface area contributed by atoms with Crippen LogP contribution in [0.25, 0.3) is 11.4 Å². The standard InChI is InChI=1S/C13H14BrN3/c1-3-15-13-11(14)9(2)16-12(17-13)10-7-5-4-6-8-10/h4-8H,3H2,1-2H3,(H,15,16,17). The second-order valence-corrected chi connectivity index (χ2v) is 4.48. The molecule has 0 aliphatic carbocycles. The molecule has 0 aliphatic rings. The van der Waals surface area contributed by atoms with Crippen LogP contribution >= 0.6 is 15.9 Å². The van der Waals surface area contributed by atoms with Crippen LogP contribution in [0.15, 0.2) is 34.8 Å². The Morgan fingerprint density at radius 3 is 2.53 bits per heavy atom. The van der Waals surface area contributed by atoms with Gasteiger partial charge in [0.25, 0.3) is 0 Å². The van der Waals surface area contributed by atoms with Gasteiger partial charge in [-0.1, -0.05) is 30.3 Å². The number of hydrogen-bond donors (Lipinski definition) is 1. The lowest BCUT2D eigenvalue weighted by Crippen LogP contribution is -2.04. The van der Waals surface area contributed by atoms with Gasteiger partial charge in [-0.2, -0.15) is 0 Å². The van der Waals surface area contributed by atoms with Gasteiger partial charge >= 0.3 is 0 Å². The van der Waals surface area contributed by atoms with Gasteiger partial charge in [0.15, 0.2) is 5.82 Å². The molecule has 3 nitrogen and oxygen atoms in total. The zero-order chi connectivity index (χ0) is 12.3. The highest BCUT2D eigenvalue weighted by Crippen LogP contribution is 2.26. The first-order chi connectivity index (χ1) is 8.22. The number of aromatic nitrogens is 2. The molecule has 0 aliphatic heterocycles. The van der Waals surface area contributed by atoms with Crippen LogP contribution < -0.4 is 5.32 Å². The van der Waals surface area contributed by atoms with Crippen LogP contribution in [0.5, 0.6) is 0 Å². The molecule has 0 spiro atoms. The van der Waals surface area contributed by atoms with E-state index in [1.807, 2.05) is 44.2 Å². The quantitative estimate of drug-likeness (QED) is 0.938. The lowest BCUT2D eigenvalue weighted by molar-refractivity contribution is 1.06. The highest BCUT2D eigenvalue weighted by atomic mass is 79.9. The molecule has 0 bridgehead atoms. The number of nitrogens with one attached hydrogen (secondary N) is 1. The molecule has 0 saturated carbocycles. The van der Waals surface area contributed by atoms with Crippen molar-refractivity contribution in [2.75, 3.05) is 11.9 Å². The number of hydrogen-bond acceptors (Lipinski definition) is 3. The molecule has 1 heterocycles. The molecule has 0 fully saturated rings. The molecule has 4 heteroatoms. The summed E-state index contributed by atoms with van der Waals surface area (Å²) in [6.07, 6.45) is 0. The molecule has 17 heavy (non-hydrogen) atoms. The summed E-state index contributed by atoms with van der Waals surface area (Å²) in [6, 6.07) is 9.99. The fourth-order valence-electron chi connectivity index (χ4n) is 1.56. The minimum Gasteiger partial charge on any atom is -0.369 e. The van der Waals surface area contributed by atoms with E-state index >= 15 is 0 Å². The van der Waals surface area contributed by atoms with Crippen molar-refractivity contribution in [3.8, 4) is 11.4 Å². The monoisotopic (exact) mass is 291 g/mol. The summed E-state index contributed by atoms with van der Waals surface area (Å²) in [4.78, 5) is 9.01. The molecule has 0 unspecified atom stereocenters. The van der Waals surface area contributed by atoms with Gasteiger partial charge in [-0.15, -0.1) is 0 Å². The first-order valence-electron chi connectivity index (χ1n) is 5.55. The van der Waals surface area contributed by atoms with Crippen LogP contribution in [0.3, 0.4) is 0 Å². The predicted octanol–water partition coefficient (Wildman–Crippen LogP) is 3.65. The SMILES string of the molecule is CCNc1nc(-c2ccccc2)nc(C)c1Br. The van der Waals surface area contributed by atoms with Crippen LogP contribution in [0.1, 0.15) is 12.6 Å². The van der Waals surface area contributed by atoms with E-state index in [0.29, 0.717) is 0 Å². The molecular formula is C13H14BrN3. The van der Waals surface area contributed by atoms with Crippen molar-refractivity contribution in [2.45, 2.75) is 13.8 Å². The third-order valence-electron chi connectivity index (χ3n) is 2.39. The van der Waals surface area contributed by atoms with E-state index in [-0.39, 0.29) is 0 Å². The van der Waals surface area contributed by atoms with E-state index in [1.54, 1.807) is 0 Å². The first kappa shape index (κ1) is 12.0. The molecule has 0 amide bonds. The number of aryl methyl sites for hydroxylation is 1. The minimum atomic E-state index is 0.752. The summed E-state index contributed by atoms with van der Waals surface area (Å²) in [5, 5.41) is 3.23. The molecule has 2 rings (SSSR count). The Hall–Kier alpha value is -1.42. The fourth-order valence-corrected chi connectivity index (χ4v) is 1.88. The Morgan fingerprint density at radius 2 is 1.88 bits per heavy atom. The number of benzene rings is 1. The molecule has 2 aromatic rings. The van der Waals surface area contributed by atoms with E-state index in [9.17, 15) is 0 Å². The average molecular weight is 292 g/mol. The van der Waals surface area contributed by atoms with Gasteiger partial charge in [0.05, 0.1) is 10.2 Å². The van der Waals surface area contributed by atoms with Gasteiger partial charge in [-0.25, -0.2) is 9.97 Å². The number of nitrogens with zero attached hydrogens (tertiary/aromatic N) is 2. The van der Waals surface area contributed by atoms with E-state index in [2.05, 4.69) is 31.2 Å². The largest absolute Gasteiger partial charge is 0.369 e. The van der Waals surface area contributed by atoms with Gasteiger partial charge in [0, 0.05) is 12.1 Å². The van der Waals surface area contributed by atoms with E-state index in [4.69, 9.17) is 0 Å². The van der Waals surface area contributed by atoms with Gasteiger partial charge in [0.1, 0.15) is 5.82 Å². The highest BCUT2D eigenvalue weighted by molar-refractivity contribution is 9.10. The lowest BCUT2D eigenvalue weighted by atomic mass is 10.2. The van der Waals surface area contributed by atoms with E-state index < -0.39 is 0 Å². The Kier molecular flexibility index (Phi) is 3.74. The van der Waals surface area contributed by atoms with Crippen LogP contribution in [0.2, 0.25) is 0 Å². The van der Waals surface area contributed by atoms with Crippen molar-refractivity contribution >= 4 is 21.7 Å².